The van der Waals surface area contributed by atoms with Gasteiger partial charge in [0.1, 0.15) is 0 Å². The van der Waals surface area contributed by atoms with Crippen molar-refractivity contribution in [1.29, 1.82) is 0 Å². The number of rotatable bonds is 12. The topological polar surface area (TPSA) is 34.2 Å². The van der Waals surface area contributed by atoms with Crippen LogP contribution < -0.4 is 14.2 Å². The first-order chi connectivity index (χ1) is 15.9. The fraction of sp³-hybridized carbons (Fsp3) is 0.630. The average Bonchev–Trinajstić information content (AvgIpc) is 3.30. The maximum absolute atomic E-state index is 5.67. The molecule has 2 aromatic rings. The lowest BCUT2D eigenvalue weighted by Crippen LogP contribution is -2.46. The zero-order valence-corrected chi connectivity index (χ0v) is 22.2. The summed E-state index contributed by atoms with van der Waals surface area (Å²) in [5.41, 5.74) is 1.52. The van der Waals surface area contributed by atoms with Crippen molar-refractivity contribution in [3.63, 3.8) is 0 Å². The molecule has 0 spiro atoms. The Hall–Kier alpha value is -1.76. The van der Waals surface area contributed by atoms with Crippen LogP contribution in [0.2, 0.25) is 0 Å². The van der Waals surface area contributed by atoms with E-state index in [1.165, 1.54) is 30.7 Å². The Bertz CT molecular complexity index is 872. The molecule has 5 nitrogen and oxygen atoms in total. The van der Waals surface area contributed by atoms with Gasteiger partial charge >= 0.3 is 0 Å². The van der Waals surface area contributed by atoms with Gasteiger partial charge in [-0.1, -0.05) is 26.8 Å². The third kappa shape index (κ3) is 7.11. The number of benzene rings is 1. The standard InChI is InChI=1S/C27H42N2O3S/c1-7-22-9-10-23(33-22)12-13-27(2,3)14-15-28-16-18-29(19-17-28)20-21-8-11-24(30-4)26(32-6)25(21)31-5/h8-11H,7,12-20H2,1-6H3. The minimum Gasteiger partial charge on any atom is -0.493 e. The van der Waals surface area contributed by atoms with E-state index in [1.54, 1.807) is 26.2 Å². The molecule has 0 radical (unpaired) electrons. The molecule has 0 amide bonds. The molecule has 0 aliphatic carbocycles. The van der Waals surface area contributed by atoms with E-state index in [1.807, 2.05) is 17.4 Å². The Labute approximate surface area is 204 Å². The van der Waals surface area contributed by atoms with Crippen LogP contribution in [0.3, 0.4) is 0 Å². The number of methoxy groups -OCH3 is 3. The molecule has 0 N–H and O–H groups in total. The van der Waals surface area contributed by atoms with Crippen LogP contribution in [0.1, 0.15) is 48.9 Å². The summed E-state index contributed by atoms with van der Waals surface area (Å²) in [7, 11) is 5.01. The first kappa shape index (κ1) is 25.9. The zero-order valence-electron chi connectivity index (χ0n) is 21.4. The lowest BCUT2D eigenvalue weighted by molar-refractivity contribution is 0.112. The van der Waals surface area contributed by atoms with Crippen LogP contribution in [0.4, 0.5) is 0 Å². The van der Waals surface area contributed by atoms with Crippen molar-refractivity contribution in [3.8, 4) is 17.2 Å². The van der Waals surface area contributed by atoms with Gasteiger partial charge in [-0.2, -0.15) is 0 Å². The van der Waals surface area contributed by atoms with Gasteiger partial charge < -0.3 is 19.1 Å². The highest BCUT2D eigenvalue weighted by molar-refractivity contribution is 7.11. The number of thiophene rings is 1. The van der Waals surface area contributed by atoms with Gasteiger partial charge in [-0.3, -0.25) is 4.90 Å². The van der Waals surface area contributed by atoms with Gasteiger partial charge in [0.15, 0.2) is 11.5 Å². The second-order valence-corrected chi connectivity index (χ2v) is 11.0. The monoisotopic (exact) mass is 474 g/mol. The summed E-state index contributed by atoms with van der Waals surface area (Å²) in [6.07, 6.45) is 4.87. The Morgan fingerprint density at radius 1 is 0.818 bits per heavy atom. The first-order valence-electron chi connectivity index (χ1n) is 12.2. The lowest BCUT2D eigenvalue weighted by Gasteiger charge is -2.36. The van der Waals surface area contributed by atoms with Gasteiger partial charge in [0, 0.05) is 48.0 Å². The van der Waals surface area contributed by atoms with Crippen molar-refractivity contribution >= 4 is 11.3 Å². The molecule has 1 aromatic carbocycles. The number of nitrogens with zero attached hydrogens (tertiary/aromatic N) is 2. The summed E-state index contributed by atoms with van der Waals surface area (Å²) in [5.74, 6) is 2.15. The van der Waals surface area contributed by atoms with Crippen LogP contribution in [0.5, 0.6) is 17.2 Å². The summed E-state index contributed by atoms with van der Waals surface area (Å²) in [5, 5.41) is 0. The summed E-state index contributed by atoms with van der Waals surface area (Å²) < 4.78 is 16.6. The lowest BCUT2D eigenvalue weighted by atomic mass is 9.84. The van der Waals surface area contributed by atoms with E-state index in [9.17, 15) is 0 Å². The Morgan fingerprint density at radius 3 is 2.09 bits per heavy atom. The second-order valence-electron chi connectivity index (χ2n) is 9.75. The predicted octanol–water partition coefficient (Wildman–Crippen LogP) is 5.50. The fourth-order valence-electron chi connectivity index (χ4n) is 4.49. The van der Waals surface area contributed by atoms with E-state index in [0.717, 1.165) is 50.5 Å². The molecule has 1 aliphatic heterocycles. The molecule has 1 aliphatic rings. The maximum Gasteiger partial charge on any atom is 0.203 e. The molecule has 0 bridgehead atoms. The molecule has 2 heterocycles. The zero-order chi connectivity index (χ0) is 23.8. The molecule has 3 rings (SSSR count). The molecular weight excluding hydrogens is 432 g/mol. The second kappa shape index (κ2) is 12.1. The van der Waals surface area contributed by atoms with E-state index in [-0.39, 0.29) is 0 Å². The van der Waals surface area contributed by atoms with E-state index >= 15 is 0 Å². The number of piperazine rings is 1. The normalized spacial score (nSPS) is 15.6. The van der Waals surface area contributed by atoms with Gasteiger partial charge in [-0.05, 0) is 55.8 Å². The average molecular weight is 475 g/mol. The van der Waals surface area contributed by atoms with E-state index in [4.69, 9.17) is 14.2 Å². The van der Waals surface area contributed by atoms with Crippen LogP contribution in [-0.4, -0.2) is 63.9 Å². The van der Waals surface area contributed by atoms with Gasteiger partial charge in [-0.25, -0.2) is 0 Å². The van der Waals surface area contributed by atoms with Crippen molar-refractivity contribution in [2.24, 2.45) is 5.41 Å². The van der Waals surface area contributed by atoms with E-state index in [2.05, 4.69) is 48.8 Å². The number of hydrogen-bond donors (Lipinski definition) is 0. The Balaban J connectivity index is 1.45. The molecule has 184 valence electrons. The summed E-state index contributed by atoms with van der Waals surface area (Å²) in [6, 6.07) is 8.68. The maximum atomic E-state index is 5.67. The highest BCUT2D eigenvalue weighted by atomic mass is 32.1. The van der Waals surface area contributed by atoms with Crippen molar-refractivity contribution in [3.05, 3.63) is 39.6 Å². The Kier molecular flexibility index (Phi) is 9.47. The predicted molar refractivity (Wildman–Crippen MR) is 138 cm³/mol. The van der Waals surface area contributed by atoms with Crippen LogP contribution in [-0.2, 0) is 19.4 Å². The molecule has 1 aromatic heterocycles. The van der Waals surface area contributed by atoms with Gasteiger partial charge in [0.05, 0.1) is 21.3 Å². The fourth-order valence-corrected chi connectivity index (χ4v) is 5.45. The molecule has 1 saturated heterocycles. The van der Waals surface area contributed by atoms with Crippen molar-refractivity contribution in [1.82, 2.24) is 9.80 Å². The number of ether oxygens (including phenoxy) is 3. The van der Waals surface area contributed by atoms with Crippen molar-refractivity contribution < 1.29 is 14.2 Å². The van der Waals surface area contributed by atoms with Crippen LogP contribution in [0.25, 0.3) is 0 Å². The smallest absolute Gasteiger partial charge is 0.203 e. The van der Waals surface area contributed by atoms with Gasteiger partial charge in [0.25, 0.3) is 0 Å². The molecule has 0 saturated carbocycles. The molecule has 0 atom stereocenters. The molecular formula is C27H42N2O3S. The molecule has 6 heteroatoms. The van der Waals surface area contributed by atoms with Gasteiger partial charge in [0.2, 0.25) is 5.75 Å². The van der Waals surface area contributed by atoms with Crippen LogP contribution in [0.15, 0.2) is 24.3 Å². The minimum atomic E-state index is 0.376. The van der Waals surface area contributed by atoms with Crippen LogP contribution in [0, 0.1) is 5.41 Å². The summed E-state index contributed by atoms with van der Waals surface area (Å²) in [6.45, 7) is 13.5. The minimum absolute atomic E-state index is 0.376. The molecule has 1 fully saturated rings. The largest absolute Gasteiger partial charge is 0.493 e. The SMILES string of the molecule is CCc1ccc(CCC(C)(C)CCN2CCN(Cc3ccc(OC)c(OC)c3OC)CC2)s1. The van der Waals surface area contributed by atoms with Crippen molar-refractivity contribution in [2.75, 3.05) is 54.1 Å². The third-order valence-electron chi connectivity index (χ3n) is 6.86. The highest BCUT2D eigenvalue weighted by Gasteiger charge is 2.24. The molecule has 0 unspecified atom stereocenters. The highest BCUT2D eigenvalue weighted by Crippen LogP contribution is 2.40. The quantitative estimate of drug-likeness (QED) is 0.406. The van der Waals surface area contributed by atoms with E-state index in [0.29, 0.717) is 16.9 Å². The first-order valence-corrected chi connectivity index (χ1v) is 13.0. The Morgan fingerprint density at radius 2 is 1.48 bits per heavy atom. The third-order valence-corrected chi connectivity index (χ3v) is 8.15. The van der Waals surface area contributed by atoms with Gasteiger partial charge in [-0.15, -0.1) is 11.3 Å². The van der Waals surface area contributed by atoms with E-state index < -0.39 is 0 Å². The summed E-state index contributed by atoms with van der Waals surface area (Å²) >= 11 is 1.99. The van der Waals surface area contributed by atoms with Crippen LogP contribution >= 0.6 is 11.3 Å². The number of hydrogen-bond acceptors (Lipinski definition) is 6. The molecule has 33 heavy (non-hydrogen) atoms. The summed E-state index contributed by atoms with van der Waals surface area (Å²) in [4.78, 5) is 8.18. The number of aryl methyl sites for hydroxylation is 2. The van der Waals surface area contributed by atoms with Crippen molar-refractivity contribution in [2.45, 2.75) is 53.0 Å².